The van der Waals surface area contributed by atoms with Crippen LogP contribution in [0.5, 0.6) is 0 Å². The molecule has 0 spiro atoms. The highest BCUT2D eigenvalue weighted by Crippen LogP contribution is 2.42. The standard InChI is InChI=1S/C12H24N2O/c1-3-8-14-11(15)9-13-10-12(4-2)6-5-7-12/h13H,3-10H2,1-2H3,(H,14,15). The van der Waals surface area contributed by atoms with Gasteiger partial charge in [-0.3, -0.25) is 4.79 Å². The zero-order chi connectivity index (χ0) is 11.1. The molecule has 1 fully saturated rings. The molecule has 0 aromatic rings. The van der Waals surface area contributed by atoms with Gasteiger partial charge in [0.2, 0.25) is 5.91 Å². The van der Waals surface area contributed by atoms with Gasteiger partial charge in [0, 0.05) is 13.1 Å². The number of rotatable bonds is 7. The number of carbonyl (C=O) groups excluding carboxylic acids is 1. The molecule has 0 bridgehead atoms. The summed E-state index contributed by atoms with van der Waals surface area (Å²) in [4.78, 5) is 11.3. The van der Waals surface area contributed by atoms with Crippen molar-refractivity contribution in [1.82, 2.24) is 10.6 Å². The molecule has 0 aliphatic heterocycles. The Morgan fingerprint density at radius 3 is 2.53 bits per heavy atom. The molecular weight excluding hydrogens is 188 g/mol. The zero-order valence-electron chi connectivity index (χ0n) is 10.1. The van der Waals surface area contributed by atoms with Gasteiger partial charge in [-0.25, -0.2) is 0 Å². The third-order valence-corrected chi connectivity index (χ3v) is 3.52. The Morgan fingerprint density at radius 1 is 1.33 bits per heavy atom. The maximum absolute atomic E-state index is 11.3. The van der Waals surface area contributed by atoms with Gasteiger partial charge in [0.25, 0.3) is 0 Å². The summed E-state index contributed by atoms with van der Waals surface area (Å²) in [5.41, 5.74) is 0.505. The lowest BCUT2D eigenvalue weighted by atomic mass is 9.67. The fraction of sp³-hybridized carbons (Fsp3) is 0.917. The van der Waals surface area contributed by atoms with E-state index in [1.807, 2.05) is 0 Å². The highest BCUT2D eigenvalue weighted by atomic mass is 16.1. The lowest BCUT2D eigenvalue weighted by Gasteiger charge is -2.41. The average molecular weight is 212 g/mol. The van der Waals surface area contributed by atoms with Crippen LogP contribution in [0.15, 0.2) is 0 Å². The van der Waals surface area contributed by atoms with E-state index in [-0.39, 0.29) is 5.91 Å². The van der Waals surface area contributed by atoms with Crippen molar-refractivity contribution in [2.24, 2.45) is 5.41 Å². The first kappa shape index (κ1) is 12.5. The molecule has 0 atom stereocenters. The Hall–Kier alpha value is -0.570. The fourth-order valence-corrected chi connectivity index (χ4v) is 2.10. The predicted octanol–water partition coefficient (Wildman–Crippen LogP) is 1.68. The van der Waals surface area contributed by atoms with Crippen LogP contribution in [-0.2, 0) is 4.79 Å². The fourth-order valence-electron chi connectivity index (χ4n) is 2.10. The molecule has 0 aromatic carbocycles. The Morgan fingerprint density at radius 2 is 2.07 bits per heavy atom. The van der Waals surface area contributed by atoms with Gasteiger partial charge < -0.3 is 10.6 Å². The van der Waals surface area contributed by atoms with Crippen molar-refractivity contribution in [3.63, 3.8) is 0 Å². The van der Waals surface area contributed by atoms with E-state index in [0.29, 0.717) is 12.0 Å². The Bertz CT molecular complexity index is 194. The summed E-state index contributed by atoms with van der Waals surface area (Å²) in [6, 6.07) is 0. The molecular formula is C12H24N2O. The first-order valence-electron chi connectivity index (χ1n) is 6.20. The lowest BCUT2D eigenvalue weighted by molar-refractivity contribution is -0.120. The molecule has 88 valence electrons. The summed E-state index contributed by atoms with van der Waals surface area (Å²) in [6.07, 6.45) is 6.25. The van der Waals surface area contributed by atoms with Gasteiger partial charge >= 0.3 is 0 Å². The quantitative estimate of drug-likeness (QED) is 0.674. The summed E-state index contributed by atoms with van der Waals surface area (Å²) in [6.45, 7) is 6.58. The average Bonchev–Trinajstić information content (AvgIpc) is 2.19. The summed E-state index contributed by atoms with van der Waals surface area (Å²) >= 11 is 0. The van der Waals surface area contributed by atoms with Gasteiger partial charge in [0.05, 0.1) is 6.54 Å². The van der Waals surface area contributed by atoms with Gasteiger partial charge in [0.1, 0.15) is 0 Å². The minimum Gasteiger partial charge on any atom is -0.355 e. The Balaban J connectivity index is 2.07. The lowest BCUT2D eigenvalue weighted by Crippen LogP contribution is -2.43. The molecule has 1 aliphatic rings. The van der Waals surface area contributed by atoms with Crippen LogP contribution < -0.4 is 10.6 Å². The van der Waals surface area contributed by atoms with E-state index in [0.717, 1.165) is 19.5 Å². The highest BCUT2D eigenvalue weighted by Gasteiger charge is 2.34. The molecule has 0 heterocycles. The summed E-state index contributed by atoms with van der Waals surface area (Å²) in [5.74, 6) is 0.127. The SMILES string of the molecule is CCCNC(=O)CNCC1(CC)CCC1. The largest absolute Gasteiger partial charge is 0.355 e. The monoisotopic (exact) mass is 212 g/mol. The molecule has 15 heavy (non-hydrogen) atoms. The van der Waals surface area contributed by atoms with Crippen LogP contribution in [0.3, 0.4) is 0 Å². The molecule has 0 saturated heterocycles. The van der Waals surface area contributed by atoms with E-state index < -0.39 is 0 Å². The second kappa shape index (κ2) is 6.11. The molecule has 1 saturated carbocycles. The van der Waals surface area contributed by atoms with Crippen LogP contribution in [-0.4, -0.2) is 25.5 Å². The number of nitrogens with one attached hydrogen (secondary N) is 2. The zero-order valence-corrected chi connectivity index (χ0v) is 10.1. The van der Waals surface area contributed by atoms with Gasteiger partial charge in [0.15, 0.2) is 0 Å². The molecule has 3 heteroatoms. The van der Waals surface area contributed by atoms with Crippen LogP contribution in [0.1, 0.15) is 46.0 Å². The van der Waals surface area contributed by atoms with E-state index in [9.17, 15) is 4.79 Å². The third-order valence-electron chi connectivity index (χ3n) is 3.52. The predicted molar refractivity (Wildman–Crippen MR) is 62.7 cm³/mol. The number of carbonyl (C=O) groups is 1. The molecule has 3 nitrogen and oxygen atoms in total. The van der Waals surface area contributed by atoms with Crippen LogP contribution in [0.4, 0.5) is 0 Å². The summed E-state index contributed by atoms with van der Waals surface area (Å²) < 4.78 is 0. The molecule has 0 aromatic heterocycles. The smallest absolute Gasteiger partial charge is 0.233 e. The summed E-state index contributed by atoms with van der Waals surface area (Å²) in [7, 11) is 0. The second-order valence-electron chi connectivity index (χ2n) is 4.66. The molecule has 1 amide bonds. The van der Waals surface area contributed by atoms with Crippen molar-refractivity contribution in [1.29, 1.82) is 0 Å². The van der Waals surface area contributed by atoms with Crippen LogP contribution in [0, 0.1) is 5.41 Å². The molecule has 1 rings (SSSR count). The van der Waals surface area contributed by atoms with Gasteiger partial charge in [-0.1, -0.05) is 20.3 Å². The number of hydrogen-bond acceptors (Lipinski definition) is 2. The third kappa shape index (κ3) is 3.82. The molecule has 0 unspecified atom stereocenters. The van der Waals surface area contributed by atoms with Gasteiger partial charge in [-0.15, -0.1) is 0 Å². The second-order valence-corrected chi connectivity index (χ2v) is 4.66. The molecule has 2 N–H and O–H groups in total. The highest BCUT2D eigenvalue weighted by molar-refractivity contribution is 5.77. The van der Waals surface area contributed by atoms with Gasteiger partial charge in [-0.2, -0.15) is 0 Å². The van der Waals surface area contributed by atoms with Crippen molar-refractivity contribution >= 4 is 5.91 Å². The number of amides is 1. The van der Waals surface area contributed by atoms with Crippen molar-refractivity contribution < 1.29 is 4.79 Å². The van der Waals surface area contributed by atoms with E-state index >= 15 is 0 Å². The van der Waals surface area contributed by atoms with Crippen molar-refractivity contribution in [2.45, 2.75) is 46.0 Å². The number of hydrogen-bond donors (Lipinski definition) is 2. The minimum atomic E-state index is 0.127. The Labute approximate surface area is 93.0 Å². The first-order chi connectivity index (χ1) is 7.22. The van der Waals surface area contributed by atoms with E-state index in [1.54, 1.807) is 0 Å². The Kier molecular flexibility index (Phi) is 5.09. The molecule has 1 aliphatic carbocycles. The van der Waals surface area contributed by atoms with Crippen molar-refractivity contribution in [2.75, 3.05) is 19.6 Å². The minimum absolute atomic E-state index is 0.127. The normalized spacial score (nSPS) is 18.3. The van der Waals surface area contributed by atoms with Crippen LogP contribution in [0.2, 0.25) is 0 Å². The maximum atomic E-state index is 11.3. The van der Waals surface area contributed by atoms with E-state index in [2.05, 4.69) is 24.5 Å². The van der Waals surface area contributed by atoms with E-state index in [4.69, 9.17) is 0 Å². The molecule has 0 radical (unpaired) electrons. The maximum Gasteiger partial charge on any atom is 0.233 e. The summed E-state index contributed by atoms with van der Waals surface area (Å²) in [5, 5.41) is 6.15. The van der Waals surface area contributed by atoms with Crippen molar-refractivity contribution in [3.05, 3.63) is 0 Å². The van der Waals surface area contributed by atoms with Crippen molar-refractivity contribution in [3.8, 4) is 0 Å². The van der Waals surface area contributed by atoms with Crippen LogP contribution in [0.25, 0.3) is 0 Å². The topological polar surface area (TPSA) is 41.1 Å². The van der Waals surface area contributed by atoms with Gasteiger partial charge in [-0.05, 0) is 31.1 Å². The van der Waals surface area contributed by atoms with E-state index in [1.165, 1.54) is 25.7 Å². The van der Waals surface area contributed by atoms with Crippen LogP contribution >= 0.6 is 0 Å². The first-order valence-corrected chi connectivity index (χ1v) is 6.20.